The third kappa shape index (κ3) is 5.16. The lowest BCUT2D eigenvalue weighted by atomic mass is 10.1. The highest BCUT2D eigenvalue weighted by Gasteiger charge is 2.36. The van der Waals surface area contributed by atoms with E-state index < -0.39 is 36.1 Å². The Kier molecular flexibility index (Phi) is 6.49. The molecule has 28 heavy (non-hydrogen) atoms. The van der Waals surface area contributed by atoms with Gasteiger partial charge in [-0.2, -0.15) is 0 Å². The zero-order chi connectivity index (χ0) is 20.8. The van der Waals surface area contributed by atoms with Crippen molar-refractivity contribution in [2.24, 2.45) is 0 Å². The first-order chi connectivity index (χ1) is 13.2. The summed E-state index contributed by atoms with van der Waals surface area (Å²) in [6.45, 7) is 3.57. The molecule has 0 bridgehead atoms. The zero-order valence-electron chi connectivity index (χ0n) is 15.1. The summed E-state index contributed by atoms with van der Waals surface area (Å²) in [7, 11) is 0. The van der Waals surface area contributed by atoms with Crippen LogP contribution in [-0.4, -0.2) is 41.2 Å². The summed E-state index contributed by atoms with van der Waals surface area (Å²) in [4.78, 5) is 47.2. The second-order valence-corrected chi connectivity index (χ2v) is 6.04. The maximum absolute atomic E-state index is 12.2. The van der Waals surface area contributed by atoms with Gasteiger partial charge >= 0.3 is 17.9 Å². The number of carboxylic acids is 2. The van der Waals surface area contributed by atoms with Crippen molar-refractivity contribution in [2.45, 2.75) is 26.1 Å². The van der Waals surface area contributed by atoms with Gasteiger partial charge in [-0.25, -0.2) is 14.4 Å². The van der Waals surface area contributed by atoms with E-state index in [4.69, 9.17) is 9.47 Å². The minimum absolute atomic E-state index is 0.00542. The van der Waals surface area contributed by atoms with Crippen molar-refractivity contribution in [3.63, 3.8) is 0 Å². The van der Waals surface area contributed by atoms with Gasteiger partial charge in [0.2, 0.25) is 6.10 Å². The number of rotatable bonds is 7. The minimum Gasteiger partial charge on any atom is -0.546 e. The maximum Gasteiger partial charge on any atom is 0.349 e. The normalized spacial score (nSPS) is 12.5. The lowest BCUT2D eigenvalue weighted by molar-refractivity contribution is -0.317. The van der Waals surface area contributed by atoms with E-state index >= 15 is 0 Å². The summed E-state index contributed by atoms with van der Waals surface area (Å²) in [6.07, 6.45) is -4.62. The van der Waals surface area contributed by atoms with Gasteiger partial charge in [-0.05, 0) is 38.1 Å². The predicted molar refractivity (Wildman–Crippen MR) is 93.4 cm³/mol. The average Bonchev–Trinajstić information content (AvgIpc) is 2.64. The summed E-state index contributed by atoms with van der Waals surface area (Å²) in [5.74, 6) is -5.98. The molecule has 0 amide bonds. The third-order valence-corrected chi connectivity index (χ3v) is 3.79. The van der Waals surface area contributed by atoms with Gasteiger partial charge in [0.25, 0.3) is 0 Å². The molecule has 0 heterocycles. The van der Waals surface area contributed by atoms with E-state index in [2.05, 4.69) is 0 Å². The van der Waals surface area contributed by atoms with Gasteiger partial charge in [0, 0.05) is 0 Å². The maximum atomic E-state index is 12.2. The van der Waals surface area contributed by atoms with Crippen LogP contribution in [0.5, 0.6) is 0 Å². The van der Waals surface area contributed by atoms with Crippen molar-refractivity contribution in [2.75, 3.05) is 0 Å². The van der Waals surface area contributed by atoms with E-state index in [1.54, 1.807) is 38.1 Å². The Morgan fingerprint density at radius 3 is 1.43 bits per heavy atom. The van der Waals surface area contributed by atoms with Crippen molar-refractivity contribution in [3.05, 3.63) is 70.8 Å². The Balaban J connectivity index is 2.21. The van der Waals surface area contributed by atoms with Crippen molar-refractivity contribution in [1.29, 1.82) is 0 Å². The highest BCUT2D eigenvalue weighted by molar-refractivity contribution is 5.95. The molecule has 0 aliphatic rings. The molecule has 0 aliphatic heterocycles. The van der Waals surface area contributed by atoms with Crippen molar-refractivity contribution >= 4 is 23.9 Å². The van der Waals surface area contributed by atoms with Crippen LogP contribution in [0, 0.1) is 13.8 Å². The number of hydrogen-bond acceptors (Lipinski definition) is 7. The van der Waals surface area contributed by atoms with E-state index in [1.165, 1.54) is 24.3 Å². The molecule has 0 radical (unpaired) electrons. The molecule has 2 atom stereocenters. The average molecular weight is 385 g/mol. The van der Waals surface area contributed by atoms with E-state index in [-0.39, 0.29) is 11.1 Å². The van der Waals surface area contributed by atoms with E-state index in [1.807, 2.05) is 0 Å². The van der Waals surface area contributed by atoms with Crippen molar-refractivity contribution in [1.82, 2.24) is 0 Å². The Morgan fingerprint density at radius 1 is 0.750 bits per heavy atom. The fourth-order valence-electron chi connectivity index (χ4n) is 2.22. The molecule has 0 saturated carbocycles. The van der Waals surface area contributed by atoms with Gasteiger partial charge in [0.1, 0.15) is 0 Å². The number of esters is 2. The van der Waals surface area contributed by atoms with Crippen LogP contribution in [0.15, 0.2) is 48.5 Å². The number of aliphatic carboxylic acids is 2. The molecule has 8 nitrogen and oxygen atoms in total. The van der Waals surface area contributed by atoms with Crippen LogP contribution in [0.3, 0.4) is 0 Å². The quantitative estimate of drug-likeness (QED) is 0.696. The van der Waals surface area contributed by atoms with Crippen LogP contribution in [0.4, 0.5) is 0 Å². The number of benzene rings is 2. The lowest BCUT2D eigenvalue weighted by Gasteiger charge is -2.24. The van der Waals surface area contributed by atoms with E-state index in [9.17, 15) is 29.4 Å². The molecular weight excluding hydrogens is 368 g/mol. The van der Waals surface area contributed by atoms with Gasteiger partial charge in [0.15, 0.2) is 6.10 Å². The number of carbonyl (C=O) groups is 4. The van der Waals surface area contributed by atoms with Crippen LogP contribution in [0.25, 0.3) is 0 Å². The molecule has 0 unspecified atom stereocenters. The number of carbonyl (C=O) groups excluding carboxylic acids is 3. The highest BCUT2D eigenvalue weighted by Crippen LogP contribution is 2.14. The first-order valence-corrected chi connectivity index (χ1v) is 8.18. The Bertz CT molecular complexity index is 808. The highest BCUT2D eigenvalue weighted by atomic mass is 16.6. The number of ether oxygens (including phenoxy) is 2. The first kappa shape index (κ1) is 20.6. The molecule has 2 aromatic carbocycles. The van der Waals surface area contributed by atoms with Crippen molar-refractivity contribution < 1.29 is 38.9 Å². The molecule has 0 aliphatic carbocycles. The molecule has 0 spiro atoms. The van der Waals surface area contributed by atoms with Crippen LogP contribution >= 0.6 is 0 Å². The summed E-state index contributed by atoms with van der Waals surface area (Å²) in [6, 6.07) is 11.9. The molecule has 1 N–H and O–H groups in total. The van der Waals surface area contributed by atoms with Crippen LogP contribution in [0.1, 0.15) is 31.8 Å². The van der Waals surface area contributed by atoms with Gasteiger partial charge in [0.05, 0.1) is 17.1 Å². The van der Waals surface area contributed by atoms with Crippen LogP contribution in [-0.2, 0) is 19.1 Å². The van der Waals surface area contributed by atoms with Gasteiger partial charge in [-0.15, -0.1) is 0 Å². The standard InChI is InChI=1S/C20H18O8/c1-11-3-7-13(8-4-11)19(25)27-15(17(21)22)16(18(23)24)28-20(26)14-9-5-12(2)6-10-14/h3-10,15-16H,1-2H3,(H,21,22)(H,23,24)/p-1/t15-,16-/m0/s1. The smallest absolute Gasteiger partial charge is 0.349 e. The molecule has 0 saturated heterocycles. The molecular formula is C20H17O8-. The predicted octanol–water partition coefficient (Wildman–Crippen LogP) is 0.889. The third-order valence-electron chi connectivity index (χ3n) is 3.79. The SMILES string of the molecule is Cc1ccc(C(=O)O[C@H](C(=O)[O-])[C@H](OC(=O)c2ccc(C)cc2)C(=O)O)cc1. The Morgan fingerprint density at radius 2 is 1.11 bits per heavy atom. The first-order valence-electron chi connectivity index (χ1n) is 8.18. The molecule has 146 valence electrons. The Labute approximate surface area is 160 Å². The van der Waals surface area contributed by atoms with Gasteiger partial charge in [-0.3, -0.25) is 0 Å². The molecule has 8 heteroatoms. The fourth-order valence-corrected chi connectivity index (χ4v) is 2.22. The van der Waals surface area contributed by atoms with Crippen molar-refractivity contribution in [3.8, 4) is 0 Å². The molecule has 2 rings (SSSR count). The number of aryl methyl sites for hydroxylation is 2. The fraction of sp³-hybridized carbons (Fsp3) is 0.200. The second kappa shape index (κ2) is 8.81. The number of carboxylic acid groups (broad SMARTS) is 2. The van der Waals surface area contributed by atoms with Gasteiger partial charge in [-0.1, -0.05) is 35.4 Å². The summed E-state index contributed by atoms with van der Waals surface area (Å²) >= 11 is 0. The number of hydrogen-bond donors (Lipinski definition) is 1. The monoisotopic (exact) mass is 385 g/mol. The minimum atomic E-state index is -2.33. The van der Waals surface area contributed by atoms with Gasteiger partial charge < -0.3 is 24.5 Å². The topological polar surface area (TPSA) is 130 Å². The Hall–Kier alpha value is -3.68. The lowest BCUT2D eigenvalue weighted by Crippen LogP contribution is -2.51. The van der Waals surface area contributed by atoms with Crippen LogP contribution < -0.4 is 5.11 Å². The largest absolute Gasteiger partial charge is 0.546 e. The summed E-state index contributed by atoms with van der Waals surface area (Å²) in [5.41, 5.74) is 1.72. The second-order valence-electron chi connectivity index (χ2n) is 6.04. The van der Waals surface area contributed by atoms with E-state index in [0.29, 0.717) is 0 Å². The van der Waals surface area contributed by atoms with E-state index in [0.717, 1.165) is 11.1 Å². The zero-order valence-corrected chi connectivity index (χ0v) is 15.1. The molecule has 0 fully saturated rings. The van der Waals surface area contributed by atoms with Crippen LogP contribution in [0.2, 0.25) is 0 Å². The summed E-state index contributed by atoms with van der Waals surface area (Å²) in [5, 5.41) is 20.7. The molecule has 0 aromatic heterocycles. The molecule has 2 aromatic rings. The summed E-state index contributed by atoms with van der Waals surface area (Å²) < 4.78 is 9.54.